The molecule has 0 radical (unpaired) electrons. The number of hydrogen-bond acceptors (Lipinski definition) is 3. The third kappa shape index (κ3) is 3.21. The topological polar surface area (TPSA) is 32.8 Å². The molecule has 3 rings (SSSR count). The van der Waals surface area contributed by atoms with Crippen molar-refractivity contribution < 1.29 is 9.53 Å². The quantitative estimate of drug-likeness (QED) is 0.857. The number of piperidine rings is 1. The molecule has 0 N–H and O–H groups in total. The van der Waals surface area contributed by atoms with E-state index >= 15 is 0 Å². The highest BCUT2D eigenvalue weighted by molar-refractivity contribution is 5.69. The van der Waals surface area contributed by atoms with Gasteiger partial charge in [-0.15, -0.1) is 0 Å². The highest BCUT2D eigenvalue weighted by atomic mass is 16.6. The van der Waals surface area contributed by atoms with Crippen LogP contribution in [-0.2, 0) is 11.3 Å². The van der Waals surface area contributed by atoms with E-state index in [9.17, 15) is 4.79 Å². The molecule has 21 heavy (non-hydrogen) atoms. The summed E-state index contributed by atoms with van der Waals surface area (Å²) in [6, 6.07) is 10.6. The van der Waals surface area contributed by atoms with Crippen LogP contribution in [0, 0.1) is 0 Å². The molecule has 2 fully saturated rings. The second-order valence-corrected chi connectivity index (χ2v) is 6.14. The SMILES string of the molecule is CCN1CCC2(CCN(Cc3ccccc3)CC2)OC1=O. The molecule has 1 spiro atoms. The summed E-state index contributed by atoms with van der Waals surface area (Å²) in [7, 11) is 0. The van der Waals surface area contributed by atoms with E-state index in [2.05, 4.69) is 35.2 Å². The van der Waals surface area contributed by atoms with Crippen LogP contribution < -0.4 is 0 Å². The van der Waals surface area contributed by atoms with E-state index in [-0.39, 0.29) is 11.7 Å². The molecule has 1 aromatic carbocycles. The number of nitrogens with zero attached hydrogens (tertiary/aromatic N) is 2. The van der Waals surface area contributed by atoms with Gasteiger partial charge in [-0.3, -0.25) is 4.90 Å². The van der Waals surface area contributed by atoms with Crippen molar-refractivity contribution in [1.82, 2.24) is 9.80 Å². The summed E-state index contributed by atoms with van der Waals surface area (Å²) in [4.78, 5) is 16.2. The average Bonchev–Trinajstić information content (AvgIpc) is 2.51. The fourth-order valence-electron chi connectivity index (χ4n) is 3.33. The summed E-state index contributed by atoms with van der Waals surface area (Å²) >= 11 is 0. The lowest BCUT2D eigenvalue weighted by Gasteiger charge is -2.45. The van der Waals surface area contributed by atoms with Crippen LogP contribution in [0.25, 0.3) is 0 Å². The zero-order valence-electron chi connectivity index (χ0n) is 12.8. The largest absolute Gasteiger partial charge is 0.443 e. The lowest BCUT2D eigenvalue weighted by molar-refractivity contribution is -0.0810. The van der Waals surface area contributed by atoms with Gasteiger partial charge in [-0.05, 0) is 12.5 Å². The van der Waals surface area contributed by atoms with Gasteiger partial charge in [-0.2, -0.15) is 0 Å². The van der Waals surface area contributed by atoms with Gasteiger partial charge in [-0.1, -0.05) is 30.3 Å². The summed E-state index contributed by atoms with van der Waals surface area (Å²) in [6.07, 6.45) is 2.78. The predicted octanol–water partition coefficient (Wildman–Crippen LogP) is 2.88. The van der Waals surface area contributed by atoms with E-state index in [1.54, 1.807) is 4.90 Å². The minimum absolute atomic E-state index is 0.125. The van der Waals surface area contributed by atoms with Crippen LogP contribution in [0.4, 0.5) is 4.79 Å². The number of carbonyl (C=O) groups excluding carboxylic acids is 1. The normalized spacial score (nSPS) is 22.3. The van der Waals surface area contributed by atoms with E-state index in [1.165, 1.54) is 5.56 Å². The first-order chi connectivity index (χ1) is 10.2. The number of rotatable bonds is 3. The lowest BCUT2D eigenvalue weighted by atomic mass is 9.86. The van der Waals surface area contributed by atoms with Crippen molar-refractivity contribution >= 4 is 6.09 Å². The molecule has 1 aromatic rings. The molecular formula is C17H24N2O2. The molecule has 114 valence electrons. The molecular weight excluding hydrogens is 264 g/mol. The fourth-order valence-corrected chi connectivity index (χ4v) is 3.33. The van der Waals surface area contributed by atoms with Crippen LogP contribution in [0.3, 0.4) is 0 Å². The maximum atomic E-state index is 12.0. The molecule has 0 bridgehead atoms. The van der Waals surface area contributed by atoms with Gasteiger partial charge >= 0.3 is 6.09 Å². The van der Waals surface area contributed by atoms with Crippen molar-refractivity contribution in [2.24, 2.45) is 0 Å². The van der Waals surface area contributed by atoms with E-state index < -0.39 is 0 Å². The standard InChI is InChI=1S/C17H24N2O2/c1-2-19-13-10-17(21-16(19)20)8-11-18(12-9-17)14-15-6-4-3-5-7-15/h3-7H,2,8-14H2,1H3. The molecule has 2 aliphatic rings. The van der Waals surface area contributed by atoms with E-state index in [4.69, 9.17) is 4.74 Å². The Bertz CT molecular complexity index is 481. The Morgan fingerprint density at radius 1 is 1.10 bits per heavy atom. The van der Waals surface area contributed by atoms with Crippen LogP contribution in [0.2, 0.25) is 0 Å². The lowest BCUT2D eigenvalue weighted by Crippen LogP contribution is -2.54. The second kappa shape index (κ2) is 6.06. The van der Waals surface area contributed by atoms with Gasteiger partial charge in [0.2, 0.25) is 0 Å². The van der Waals surface area contributed by atoms with E-state index in [1.807, 2.05) is 6.92 Å². The number of amides is 1. The molecule has 1 amide bonds. The van der Waals surface area contributed by atoms with Gasteiger partial charge in [0.05, 0.1) is 0 Å². The van der Waals surface area contributed by atoms with Crippen molar-refractivity contribution in [3.8, 4) is 0 Å². The molecule has 0 unspecified atom stereocenters. The Hall–Kier alpha value is -1.55. The Morgan fingerprint density at radius 3 is 2.38 bits per heavy atom. The molecule has 2 heterocycles. The number of likely N-dealkylation sites (tertiary alicyclic amines) is 1. The van der Waals surface area contributed by atoms with Gasteiger partial charge in [0.25, 0.3) is 0 Å². The molecule has 2 saturated heterocycles. The smallest absolute Gasteiger partial charge is 0.410 e. The number of carbonyl (C=O) groups is 1. The Labute approximate surface area is 126 Å². The number of ether oxygens (including phenoxy) is 1. The van der Waals surface area contributed by atoms with Gasteiger partial charge in [0.1, 0.15) is 5.60 Å². The number of benzene rings is 1. The minimum atomic E-state index is -0.198. The molecule has 0 aromatic heterocycles. The predicted molar refractivity (Wildman–Crippen MR) is 82.0 cm³/mol. The van der Waals surface area contributed by atoms with Gasteiger partial charge < -0.3 is 9.64 Å². The first kappa shape index (κ1) is 14.4. The maximum Gasteiger partial charge on any atom is 0.410 e. The van der Waals surface area contributed by atoms with E-state index in [0.29, 0.717) is 0 Å². The summed E-state index contributed by atoms with van der Waals surface area (Å²) in [5.41, 5.74) is 1.15. The highest BCUT2D eigenvalue weighted by Gasteiger charge is 2.42. The van der Waals surface area contributed by atoms with E-state index in [0.717, 1.165) is 52.0 Å². The van der Waals surface area contributed by atoms with Crippen molar-refractivity contribution in [3.63, 3.8) is 0 Å². The second-order valence-electron chi connectivity index (χ2n) is 6.14. The fraction of sp³-hybridized carbons (Fsp3) is 0.588. The molecule has 4 heteroatoms. The van der Waals surface area contributed by atoms with Crippen LogP contribution >= 0.6 is 0 Å². The maximum absolute atomic E-state index is 12.0. The molecule has 0 aliphatic carbocycles. The van der Waals surface area contributed by atoms with Crippen molar-refractivity contribution in [1.29, 1.82) is 0 Å². The summed E-state index contributed by atoms with van der Waals surface area (Å²) in [6.45, 7) is 6.60. The summed E-state index contributed by atoms with van der Waals surface area (Å²) in [5.74, 6) is 0. The molecule has 2 aliphatic heterocycles. The van der Waals surface area contributed by atoms with Crippen molar-refractivity contribution in [2.45, 2.75) is 38.3 Å². The van der Waals surface area contributed by atoms with Gasteiger partial charge in [0, 0.05) is 52.0 Å². The Balaban J connectivity index is 1.54. The average molecular weight is 288 g/mol. The minimum Gasteiger partial charge on any atom is -0.443 e. The van der Waals surface area contributed by atoms with Gasteiger partial charge in [0.15, 0.2) is 0 Å². The molecule has 0 atom stereocenters. The summed E-state index contributed by atoms with van der Waals surface area (Å²) < 4.78 is 5.78. The third-order valence-electron chi connectivity index (χ3n) is 4.80. The van der Waals surface area contributed by atoms with Crippen molar-refractivity contribution in [2.75, 3.05) is 26.2 Å². The van der Waals surface area contributed by atoms with Crippen molar-refractivity contribution in [3.05, 3.63) is 35.9 Å². The zero-order chi connectivity index (χ0) is 14.7. The zero-order valence-corrected chi connectivity index (χ0v) is 12.8. The van der Waals surface area contributed by atoms with Gasteiger partial charge in [-0.25, -0.2) is 4.79 Å². The molecule has 0 saturated carbocycles. The first-order valence-electron chi connectivity index (χ1n) is 7.95. The third-order valence-corrected chi connectivity index (χ3v) is 4.80. The van der Waals surface area contributed by atoms with Crippen LogP contribution in [0.15, 0.2) is 30.3 Å². The monoisotopic (exact) mass is 288 g/mol. The first-order valence-corrected chi connectivity index (χ1v) is 7.95. The summed E-state index contributed by atoms with van der Waals surface area (Å²) in [5, 5.41) is 0. The van der Waals surface area contributed by atoms with Crippen LogP contribution in [-0.4, -0.2) is 47.7 Å². The Morgan fingerprint density at radius 2 is 1.76 bits per heavy atom. The van der Waals surface area contributed by atoms with Crippen LogP contribution in [0.1, 0.15) is 31.7 Å². The highest BCUT2D eigenvalue weighted by Crippen LogP contribution is 2.34. The Kier molecular flexibility index (Phi) is 4.15. The number of hydrogen-bond donors (Lipinski definition) is 0. The van der Waals surface area contributed by atoms with Crippen LogP contribution in [0.5, 0.6) is 0 Å². The molecule has 4 nitrogen and oxygen atoms in total.